The highest BCUT2D eigenvalue weighted by Crippen LogP contribution is 2.37. The van der Waals surface area contributed by atoms with Gasteiger partial charge in [0.25, 0.3) is 5.69 Å². The summed E-state index contributed by atoms with van der Waals surface area (Å²) in [6.45, 7) is -1.14. The molecule has 178 valence electrons. The number of esters is 1. The molecule has 2 rings (SSSR count). The standard InChI is InChI=1S/C19H15ClF3NO8S/c20-14-5-10(19(21,22)23)1-4-16(14)32-12-2-3-15(24(29)30)13(6-12)18(28)33-9-17(27)31-8-11(26)7-25/h1-6,11,25-26H,7-9H2. The SMILES string of the molecule is O=C(CSC(=O)c1cc(Oc2ccc(C(F)(F)F)cc2Cl)ccc1[N+](=O)[O-])OCC(O)CO. The lowest BCUT2D eigenvalue weighted by Gasteiger charge is -2.12. The Morgan fingerprint density at radius 3 is 2.48 bits per heavy atom. The lowest BCUT2D eigenvalue weighted by Crippen LogP contribution is -2.22. The van der Waals surface area contributed by atoms with Crippen LogP contribution in [0.25, 0.3) is 0 Å². The van der Waals surface area contributed by atoms with Gasteiger partial charge in [0.1, 0.15) is 29.8 Å². The Balaban J connectivity index is 2.18. The molecule has 9 nitrogen and oxygen atoms in total. The van der Waals surface area contributed by atoms with E-state index in [0.29, 0.717) is 17.8 Å². The first-order valence-corrected chi connectivity index (χ1v) is 10.2. The zero-order valence-corrected chi connectivity index (χ0v) is 17.9. The summed E-state index contributed by atoms with van der Waals surface area (Å²) >= 11 is 6.21. The normalized spacial score (nSPS) is 12.2. The van der Waals surface area contributed by atoms with Gasteiger partial charge in [-0.05, 0) is 30.3 Å². The Kier molecular flexibility index (Phi) is 9.05. The summed E-state index contributed by atoms with van der Waals surface area (Å²) in [5.41, 5.74) is -2.04. The fourth-order valence-corrected chi connectivity index (χ4v) is 3.14. The van der Waals surface area contributed by atoms with E-state index in [1.807, 2.05) is 0 Å². The minimum atomic E-state index is -4.62. The van der Waals surface area contributed by atoms with Gasteiger partial charge in [-0.1, -0.05) is 23.4 Å². The Morgan fingerprint density at radius 1 is 1.21 bits per heavy atom. The van der Waals surface area contributed by atoms with Crippen molar-refractivity contribution >= 4 is 40.1 Å². The lowest BCUT2D eigenvalue weighted by molar-refractivity contribution is -0.385. The van der Waals surface area contributed by atoms with Crippen molar-refractivity contribution in [2.75, 3.05) is 19.0 Å². The van der Waals surface area contributed by atoms with Gasteiger partial charge in [0.15, 0.2) is 0 Å². The molecule has 0 spiro atoms. The van der Waals surface area contributed by atoms with Crippen molar-refractivity contribution in [2.24, 2.45) is 0 Å². The molecular formula is C19H15ClF3NO8S. The summed E-state index contributed by atoms with van der Waals surface area (Å²) < 4.78 is 48.3. The van der Waals surface area contributed by atoms with E-state index in [0.717, 1.165) is 30.3 Å². The van der Waals surface area contributed by atoms with Crippen LogP contribution in [0.3, 0.4) is 0 Å². The second-order valence-electron chi connectivity index (χ2n) is 6.28. The zero-order chi connectivity index (χ0) is 24.8. The van der Waals surface area contributed by atoms with Crippen LogP contribution in [0.5, 0.6) is 11.5 Å². The molecule has 0 fully saturated rings. The minimum Gasteiger partial charge on any atom is -0.462 e. The molecule has 0 aliphatic heterocycles. The van der Waals surface area contributed by atoms with Gasteiger partial charge in [0, 0.05) is 6.07 Å². The first kappa shape index (κ1) is 26.4. The molecular weight excluding hydrogens is 495 g/mol. The third kappa shape index (κ3) is 7.60. The van der Waals surface area contributed by atoms with Crippen LogP contribution in [0, 0.1) is 10.1 Å². The number of nitro groups is 1. The van der Waals surface area contributed by atoms with Gasteiger partial charge in [-0.15, -0.1) is 0 Å². The number of carbonyl (C=O) groups excluding carboxylic acids is 2. The molecule has 1 atom stereocenters. The van der Waals surface area contributed by atoms with E-state index >= 15 is 0 Å². The van der Waals surface area contributed by atoms with Crippen molar-refractivity contribution in [3.63, 3.8) is 0 Å². The summed E-state index contributed by atoms with van der Waals surface area (Å²) in [5.74, 6) is -1.76. The van der Waals surface area contributed by atoms with Crippen molar-refractivity contribution < 1.29 is 47.4 Å². The van der Waals surface area contributed by atoms with E-state index < -0.39 is 64.1 Å². The number of ether oxygens (including phenoxy) is 2. The number of alkyl halides is 3. The van der Waals surface area contributed by atoms with Crippen molar-refractivity contribution in [3.05, 3.63) is 62.7 Å². The maximum Gasteiger partial charge on any atom is 0.416 e. The van der Waals surface area contributed by atoms with Crippen LogP contribution in [0.4, 0.5) is 18.9 Å². The number of hydrogen-bond donors (Lipinski definition) is 2. The van der Waals surface area contributed by atoms with Gasteiger partial charge in [-0.25, -0.2) is 0 Å². The van der Waals surface area contributed by atoms with Gasteiger partial charge in [-0.2, -0.15) is 13.2 Å². The van der Waals surface area contributed by atoms with Gasteiger partial charge in [0.2, 0.25) is 5.12 Å². The first-order valence-electron chi connectivity index (χ1n) is 8.87. The van der Waals surface area contributed by atoms with Gasteiger partial charge >= 0.3 is 12.1 Å². The van der Waals surface area contributed by atoms with E-state index in [-0.39, 0.29) is 16.5 Å². The number of hydrogen-bond acceptors (Lipinski definition) is 9. The Morgan fingerprint density at radius 2 is 1.91 bits per heavy atom. The van der Waals surface area contributed by atoms with Crippen molar-refractivity contribution in [1.29, 1.82) is 0 Å². The third-order valence-corrected chi connectivity index (χ3v) is 5.00. The lowest BCUT2D eigenvalue weighted by atomic mass is 10.2. The maximum absolute atomic E-state index is 12.8. The number of aliphatic hydroxyl groups excluding tert-OH is 2. The number of aliphatic hydroxyl groups is 2. The van der Waals surface area contributed by atoms with Crippen molar-refractivity contribution in [2.45, 2.75) is 12.3 Å². The Bertz CT molecular complexity index is 1050. The van der Waals surface area contributed by atoms with Crippen molar-refractivity contribution in [3.8, 4) is 11.5 Å². The molecule has 0 aliphatic carbocycles. The maximum atomic E-state index is 12.8. The molecule has 0 aliphatic rings. The van der Waals surface area contributed by atoms with E-state index in [2.05, 4.69) is 4.74 Å². The number of nitro benzene ring substituents is 1. The summed E-state index contributed by atoms with van der Waals surface area (Å²) in [6.07, 6.45) is -5.91. The predicted octanol–water partition coefficient (Wildman–Crippen LogP) is 3.83. The summed E-state index contributed by atoms with van der Waals surface area (Å²) in [6, 6.07) is 5.40. The quantitative estimate of drug-likeness (QED) is 0.293. The van der Waals surface area contributed by atoms with Gasteiger partial charge in [0.05, 0.1) is 27.9 Å². The fraction of sp³-hybridized carbons (Fsp3) is 0.263. The van der Waals surface area contributed by atoms with E-state index in [4.69, 9.17) is 26.6 Å². The molecule has 2 aromatic rings. The third-order valence-electron chi connectivity index (χ3n) is 3.84. The Labute approximate surface area is 193 Å². The monoisotopic (exact) mass is 509 g/mol. The number of carbonyl (C=O) groups is 2. The summed E-state index contributed by atoms with van der Waals surface area (Å²) in [4.78, 5) is 34.5. The summed E-state index contributed by atoms with van der Waals surface area (Å²) in [5, 5.41) is 27.8. The second-order valence-corrected chi connectivity index (χ2v) is 7.63. The zero-order valence-electron chi connectivity index (χ0n) is 16.4. The number of benzene rings is 2. The van der Waals surface area contributed by atoms with Crippen LogP contribution in [0.2, 0.25) is 5.02 Å². The van der Waals surface area contributed by atoms with Gasteiger partial charge in [-0.3, -0.25) is 19.7 Å². The first-order chi connectivity index (χ1) is 15.4. The molecule has 0 saturated carbocycles. The number of rotatable bonds is 9. The van der Waals surface area contributed by atoms with Gasteiger partial charge < -0.3 is 19.7 Å². The number of halogens is 4. The number of thioether (sulfide) groups is 1. The summed E-state index contributed by atoms with van der Waals surface area (Å²) in [7, 11) is 0. The molecule has 2 aromatic carbocycles. The predicted molar refractivity (Wildman–Crippen MR) is 110 cm³/mol. The number of nitrogens with zero attached hydrogens (tertiary/aromatic N) is 1. The molecule has 2 N–H and O–H groups in total. The van der Waals surface area contributed by atoms with Crippen LogP contribution in [0.1, 0.15) is 15.9 Å². The molecule has 0 heterocycles. The highest BCUT2D eigenvalue weighted by atomic mass is 35.5. The second kappa shape index (κ2) is 11.3. The molecule has 0 amide bonds. The van der Waals surface area contributed by atoms with Crippen LogP contribution in [-0.2, 0) is 15.7 Å². The van der Waals surface area contributed by atoms with Crippen LogP contribution >= 0.6 is 23.4 Å². The van der Waals surface area contributed by atoms with Crippen LogP contribution in [0.15, 0.2) is 36.4 Å². The fourth-order valence-electron chi connectivity index (χ4n) is 2.27. The highest BCUT2D eigenvalue weighted by Gasteiger charge is 2.31. The van der Waals surface area contributed by atoms with Crippen molar-refractivity contribution in [1.82, 2.24) is 0 Å². The average Bonchev–Trinajstić information content (AvgIpc) is 2.76. The molecule has 14 heteroatoms. The highest BCUT2D eigenvalue weighted by molar-refractivity contribution is 8.14. The molecule has 33 heavy (non-hydrogen) atoms. The topological polar surface area (TPSA) is 136 Å². The Hall–Kier alpha value is -2.87. The van der Waals surface area contributed by atoms with E-state index in [1.54, 1.807) is 0 Å². The van der Waals surface area contributed by atoms with E-state index in [1.165, 1.54) is 0 Å². The minimum absolute atomic E-state index is 0.125. The molecule has 0 saturated heterocycles. The molecule has 0 radical (unpaired) electrons. The van der Waals surface area contributed by atoms with Crippen LogP contribution in [-0.4, -0.2) is 51.3 Å². The van der Waals surface area contributed by atoms with E-state index in [9.17, 15) is 32.9 Å². The largest absolute Gasteiger partial charge is 0.462 e. The van der Waals surface area contributed by atoms with Crippen LogP contribution < -0.4 is 4.74 Å². The molecule has 1 unspecified atom stereocenters. The molecule has 0 aromatic heterocycles. The molecule has 0 bridgehead atoms. The average molecular weight is 510 g/mol. The smallest absolute Gasteiger partial charge is 0.416 e.